The van der Waals surface area contributed by atoms with E-state index in [2.05, 4.69) is 90.5 Å². The summed E-state index contributed by atoms with van der Waals surface area (Å²) in [7, 11) is 0. The molecule has 3 rings (SSSR count). The van der Waals surface area contributed by atoms with Gasteiger partial charge in [0.1, 0.15) is 0 Å². The maximum absolute atomic E-state index is 4.65. The maximum atomic E-state index is 4.65. The Morgan fingerprint density at radius 3 is 2.62 bits per heavy atom. The molecule has 0 unspecified atom stereocenters. The van der Waals surface area contributed by atoms with Gasteiger partial charge < -0.3 is 4.90 Å². The van der Waals surface area contributed by atoms with Crippen molar-refractivity contribution in [1.82, 2.24) is 0 Å². The molecule has 1 aliphatic heterocycles. The van der Waals surface area contributed by atoms with E-state index >= 15 is 0 Å². The molecule has 1 aliphatic rings. The summed E-state index contributed by atoms with van der Waals surface area (Å²) in [6, 6.07) is 14.8. The molecule has 2 aromatic carbocycles. The third-order valence-corrected chi connectivity index (χ3v) is 5.44. The van der Waals surface area contributed by atoms with Crippen molar-refractivity contribution in [3.05, 3.63) is 63.2 Å². The summed E-state index contributed by atoms with van der Waals surface area (Å²) in [5.74, 6) is 0. The average molecular weight is 430 g/mol. The Labute approximate surface area is 158 Å². The number of rotatable bonds is 3. The highest BCUT2D eigenvalue weighted by Crippen LogP contribution is 2.38. The maximum Gasteiger partial charge on any atom is 0.0763 e. The van der Waals surface area contributed by atoms with E-state index in [0.29, 0.717) is 0 Å². The second-order valence-corrected chi connectivity index (χ2v) is 7.87. The quantitative estimate of drug-likeness (QED) is 0.427. The minimum absolute atomic E-state index is 0.0571. The van der Waals surface area contributed by atoms with Crippen molar-refractivity contribution < 1.29 is 0 Å². The molecule has 0 bridgehead atoms. The normalized spacial score (nSPS) is 16.2. The van der Waals surface area contributed by atoms with Gasteiger partial charge in [-0.05, 0) is 85.7 Å². The standard InChI is InChI=1S/C21H23IN2/c1-5-24-20-11-10-16(12-17(20)15(2)13-21(24,3)4)14-23-19-9-7-6-8-18(19)22/h6-14H,5H2,1-4H3. The fraction of sp³-hybridized carbons (Fsp3) is 0.286. The van der Waals surface area contributed by atoms with E-state index in [1.807, 2.05) is 24.4 Å². The molecule has 0 saturated heterocycles. The number of nitrogens with zero attached hydrogens (tertiary/aromatic N) is 2. The van der Waals surface area contributed by atoms with E-state index in [1.165, 1.54) is 20.4 Å². The molecule has 0 spiro atoms. The minimum atomic E-state index is 0.0571. The zero-order valence-electron chi connectivity index (χ0n) is 14.7. The second-order valence-electron chi connectivity index (χ2n) is 6.71. The summed E-state index contributed by atoms with van der Waals surface area (Å²) in [6.45, 7) is 9.96. The van der Waals surface area contributed by atoms with Crippen molar-refractivity contribution in [2.75, 3.05) is 11.4 Å². The monoisotopic (exact) mass is 430 g/mol. The Kier molecular flexibility index (Phi) is 4.81. The summed E-state index contributed by atoms with van der Waals surface area (Å²) in [5.41, 5.74) is 6.17. The first-order valence-electron chi connectivity index (χ1n) is 8.32. The van der Waals surface area contributed by atoms with Gasteiger partial charge in [-0.25, -0.2) is 0 Å². The van der Waals surface area contributed by atoms with Crippen molar-refractivity contribution in [3.8, 4) is 0 Å². The molecule has 0 atom stereocenters. The molecule has 1 heterocycles. The zero-order chi connectivity index (χ0) is 17.3. The van der Waals surface area contributed by atoms with Crippen LogP contribution in [0.5, 0.6) is 0 Å². The summed E-state index contributed by atoms with van der Waals surface area (Å²) in [6.07, 6.45) is 4.32. The summed E-state index contributed by atoms with van der Waals surface area (Å²) in [4.78, 5) is 7.11. The number of aliphatic imine (C=N–C) groups is 1. The molecule has 2 nitrogen and oxygen atoms in total. The van der Waals surface area contributed by atoms with Crippen molar-refractivity contribution in [2.24, 2.45) is 4.99 Å². The van der Waals surface area contributed by atoms with E-state index in [0.717, 1.165) is 17.8 Å². The molecule has 0 N–H and O–H groups in total. The van der Waals surface area contributed by atoms with Gasteiger partial charge in [-0.1, -0.05) is 24.3 Å². The Morgan fingerprint density at radius 2 is 1.92 bits per heavy atom. The number of benzene rings is 2. The highest BCUT2D eigenvalue weighted by molar-refractivity contribution is 14.1. The first-order valence-corrected chi connectivity index (χ1v) is 9.40. The molecule has 0 aliphatic carbocycles. The fourth-order valence-corrected chi connectivity index (χ4v) is 3.99. The third kappa shape index (κ3) is 3.27. The first-order chi connectivity index (χ1) is 11.4. The van der Waals surface area contributed by atoms with Gasteiger partial charge in [0.15, 0.2) is 0 Å². The summed E-state index contributed by atoms with van der Waals surface area (Å²) < 4.78 is 1.17. The zero-order valence-corrected chi connectivity index (χ0v) is 16.8. The predicted octanol–water partition coefficient (Wildman–Crippen LogP) is 6.06. The van der Waals surface area contributed by atoms with Crippen molar-refractivity contribution in [1.29, 1.82) is 0 Å². The van der Waals surface area contributed by atoms with Gasteiger partial charge in [0.2, 0.25) is 0 Å². The Morgan fingerprint density at radius 1 is 1.17 bits per heavy atom. The van der Waals surface area contributed by atoms with Crippen molar-refractivity contribution in [2.45, 2.75) is 33.2 Å². The largest absolute Gasteiger partial charge is 0.363 e. The van der Waals surface area contributed by atoms with E-state index in [-0.39, 0.29) is 5.54 Å². The molecule has 0 fully saturated rings. The van der Waals surface area contributed by atoms with Crippen LogP contribution in [0.25, 0.3) is 5.57 Å². The SMILES string of the molecule is CCN1c2ccc(C=Nc3ccccc3I)cc2C(C)=CC1(C)C. The molecule has 2 aromatic rings. The van der Waals surface area contributed by atoms with E-state index < -0.39 is 0 Å². The molecule has 24 heavy (non-hydrogen) atoms. The van der Waals surface area contributed by atoms with Crippen molar-refractivity contribution in [3.63, 3.8) is 0 Å². The van der Waals surface area contributed by atoms with E-state index in [9.17, 15) is 0 Å². The van der Waals surface area contributed by atoms with Gasteiger partial charge in [-0.15, -0.1) is 0 Å². The lowest BCUT2D eigenvalue weighted by Crippen LogP contribution is -2.44. The molecule has 0 saturated carbocycles. The van der Waals surface area contributed by atoms with Crippen LogP contribution in [0, 0.1) is 3.57 Å². The van der Waals surface area contributed by atoms with Crippen LogP contribution in [0.4, 0.5) is 11.4 Å². The Balaban J connectivity index is 1.98. The van der Waals surface area contributed by atoms with Crippen LogP contribution >= 0.6 is 22.6 Å². The summed E-state index contributed by atoms with van der Waals surface area (Å²) >= 11 is 2.32. The number of likely N-dealkylation sites (N-methyl/N-ethyl adjacent to an activating group) is 1. The number of hydrogen-bond acceptors (Lipinski definition) is 2. The molecule has 0 radical (unpaired) electrons. The smallest absolute Gasteiger partial charge is 0.0763 e. The number of hydrogen-bond donors (Lipinski definition) is 0. The molecule has 0 aromatic heterocycles. The average Bonchev–Trinajstić information content (AvgIpc) is 2.54. The highest BCUT2D eigenvalue weighted by atomic mass is 127. The number of para-hydroxylation sites is 1. The molecule has 3 heteroatoms. The fourth-order valence-electron chi connectivity index (χ4n) is 3.46. The third-order valence-electron chi connectivity index (χ3n) is 4.52. The van der Waals surface area contributed by atoms with Gasteiger partial charge in [0, 0.05) is 27.6 Å². The van der Waals surface area contributed by atoms with Gasteiger partial charge in [-0.3, -0.25) is 4.99 Å². The Bertz CT molecular complexity index is 818. The first kappa shape index (κ1) is 17.2. The van der Waals surface area contributed by atoms with E-state index in [4.69, 9.17) is 0 Å². The molecular formula is C21H23IN2. The second kappa shape index (κ2) is 6.71. The van der Waals surface area contributed by atoms with Crippen LogP contribution in [0.15, 0.2) is 53.5 Å². The van der Waals surface area contributed by atoms with Crippen LogP contribution in [0.3, 0.4) is 0 Å². The van der Waals surface area contributed by atoms with Gasteiger partial charge >= 0.3 is 0 Å². The number of allylic oxidation sites excluding steroid dienone is 1. The molecule has 0 amide bonds. The van der Waals surface area contributed by atoms with Crippen molar-refractivity contribution >= 4 is 45.8 Å². The lowest BCUT2D eigenvalue weighted by Gasteiger charge is -2.42. The highest BCUT2D eigenvalue weighted by Gasteiger charge is 2.29. The lowest BCUT2D eigenvalue weighted by molar-refractivity contribution is 0.566. The van der Waals surface area contributed by atoms with Crippen LogP contribution in [-0.2, 0) is 0 Å². The number of fused-ring (bicyclic) bond motifs is 1. The molecular weight excluding hydrogens is 407 g/mol. The van der Waals surface area contributed by atoms with Crippen LogP contribution in [0.2, 0.25) is 0 Å². The van der Waals surface area contributed by atoms with Crippen LogP contribution < -0.4 is 4.90 Å². The van der Waals surface area contributed by atoms with Gasteiger partial charge in [-0.2, -0.15) is 0 Å². The number of halogens is 1. The predicted molar refractivity (Wildman–Crippen MR) is 114 cm³/mol. The van der Waals surface area contributed by atoms with Crippen LogP contribution in [0.1, 0.15) is 38.8 Å². The van der Waals surface area contributed by atoms with Gasteiger partial charge in [0.25, 0.3) is 0 Å². The summed E-state index contributed by atoms with van der Waals surface area (Å²) in [5, 5.41) is 0. The minimum Gasteiger partial charge on any atom is -0.363 e. The topological polar surface area (TPSA) is 15.6 Å². The number of anilines is 1. The lowest BCUT2D eigenvalue weighted by atomic mass is 9.88. The van der Waals surface area contributed by atoms with Crippen LogP contribution in [-0.4, -0.2) is 18.3 Å². The van der Waals surface area contributed by atoms with Gasteiger partial charge in [0.05, 0.1) is 11.2 Å². The Hall–Kier alpha value is -1.62. The molecule has 124 valence electrons. The van der Waals surface area contributed by atoms with E-state index in [1.54, 1.807) is 0 Å².